The fourth-order valence-electron chi connectivity index (χ4n) is 3.90. The van der Waals surface area contributed by atoms with Gasteiger partial charge in [-0.3, -0.25) is 4.79 Å². The third-order valence-electron chi connectivity index (χ3n) is 5.52. The van der Waals surface area contributed by atoms with E-state index < -0.39 is 0 Å². The molecule has 0 radical (unpaired) electrons. The fourth-order valence-corrected chi connectivity index (χ4v) is 3.90. The van der Waals surface area contributed by atoms with Crippen molar-refractivity contribution >= 4 is 28.5 Å². The molecule has 0 unspecified atom stereocenters. The van der Waals surface area contributed by atoms with E-state index in [9.17, 15) is 9.18 Å². The third kappa shape index (κ3) is 3.43. The Morgan fingerprint density at radius 2 is 1.67 bits per heavy atom. The van der Waals surface area contributed by atoms with E-state index >= 15 is 0 Å². The number of morpholine rings is 1. The van der Waals surface area contributed by atoms with Gasteiger partial charge in [-0.15, -0.1) is 0 Å². The Kier molecular flexibility index (Phi) is 4.91. The van der Waals surface area contributed by atoms with Crippen LogP contribution >= 0.6 is 0 Å². The van der Waals surface area contributed by atoms with Gasteiger partial charge in [-0.05, 0) is 24.3 Å². The van der Waals surface area contributed by atoms with Crippen molar-refractivity contribution < 1.29 is 18.4 Å². The molecule has 156 valence electrons. The minimum absolute atomic E-state index is 0.197. The first-order chi connectivity index (χ1) is 14.7. The number of hydrogen-bond acceptors (Lipinski definition) is 8. The minimum Gasteiger partial charge on any atom is -0.378 e. The first-order valence-corrected chi connectivity index (χ1v) is 9.93. The van der Waals surface area contributed by atoms with E-state index in [1.807, 2.05) is 0 Å². The molecule has 0 saturated carbocycles. The summed E-state index contributed by atoms with van der Waals surface area (Å²) in [4.78, 5) is 27.7. The molecular formula is C20H21FN6O3. The molecule has 10 heteroatoms. The average Bonchev–Trinajstić information content (AvgIpc) is 3.24. The molecule has 9 nitrogen and oxygen atoms in total. The van der Waals surface area contributed by atoms with Crippen molar-refractivity contribution in [3.05, 3.63) is 42.1 Å². The summed E-state index contributed by atoms with van der Waals surface area (Å²) in [6, 6.07) is 6.40. The number of benzene rings is 1. The number of carbonyl (C=O) groups is 1. The van der Waals surface area contributed by atoms with Crippen LogP contribution in [0.25, 0.3) is 11.1 Å². The van der Waals surface area contributed by atoms with Gasteiger partial charge < -0.3 is 24.0 Å². The van der Waals surface area contributed by atoms with Gasteiger partial charge in [-0.25, -0.2) is 9.37 Å². The largest absolute Gasteiger partial charge is 0.378 e. The van der Waals surface area contributed by atoms with E-state index in [2.05, 4.69) is 24.9 Å². The van der Waals surface area contributed by atoms with Crippen LogP contribution in [0.5, 0.6) is 0 Å². The zero-order valence-electron chi connectivity index (χ0n) is 16.3. The standard InChI is InChI=1S/C20H21FN6O3/c21-14-1-3-15(4-2-14)25-5-7-27(8-6-25)20(28)17-16-18(26-9-11-29-12-10-26)22-13-23-19(16)30-24-17/h1-4,13H,5-12H2. The number of halogens is 1. The molecule has 0 spiro atoms. The molecule has 2 fully saturated rings. The first kappa shape index (κ1) is 18.7. The molecule has 30 heavy (non-hydrogen) atoms. The van der Waals surface area contributed by atoms with Crippen molar-refractivity contribution in [3.63, 3.8) is 0 Å². The average molecular weight is 412 g/mol. The molecule has 0 atom stereocenters. The topological polar surface area (TPSA) is 87.8 Å². The van der Waals surface area contributed by atoms with Crippen molar-refractivity contribution in [1.29, 1.82) is 0 Å². The highest BCUT2D eigenvalue weighted by Gasteiger charge is 2.30. The van der Waals surface area contributed by atoms with E-state index in [-0.39, 0.29) is 17.4 Å². The van der Waals surface area contributed by atoms with Crippen molar-refractivity contribution in [3.8, 4) is 0 Å². The summed E-state index contributed by atoms with van der Waals surface area (Å²) in [6.07, 6.45) is 1.42. The Bertz CT molecular complexity index is 1040. The maximum atomic E-state index is 13.2. The van der Waals surface area contributed by atoms with Gasteiger partial charge in [-0.1, -0.05) is 5.16 Å². The second kappa shape index (κ2) is 7.86. The number of rotatable bonds is 3. The van der Waals surface area contributed by atoms with Gasteiger partial charge in [0, 0.05) is 45.0 Å². The lowest BCUT2D eigenvalue weighted by molar-refractivity contribution is 0.0738. The van der Waals surface area contributed by atoms with Gasteiger partial charge in [0.15, 0.2) is 5.69 Å². The molecule has 2 aliphatic heterocycles. The van der Waals surface area contributed by atoms with Crippen LogP contribution in [-0.4, -0.2) is 78.4 Å². The maximum Gasteiger partial charge on any atom is 0.277 e. The van der Waals surface area contributed by atoms with Crippen LogP contribution in [0.4, 0.5) is 15.9 Å². The van der Waals surface area contributed by atoms with Crippen LogP contribution in [0.3, 0.4) is 0 Å². The zero-order chi connectivity index (χ0) is 20.5. The van der Waals surface area contributed by atoms with E-state index in [4.69, 9.17) is 9.26 Å². The first-order valence-electron chi connectivity index (χ1n) is 9.93. The zero-order valence-corrected chi connectivity index (χ0v) is 16.3. The predicted octanol–water partition coefficient (Wildman–Crippen LogP) is 1.56. The van der Waals surface area contributed by atoms with E-state index in [0.717, 1.165) is 5.69 Å². The summed E-state index contributed by atoms with van der Waals surface area (Å²) in [6.45, 7) is 4.94. The Morgan fingerprint density at radius 3 is 2.40 bits per heavy atom. The highest BCUT2D eigenvalue weighted by Crippen LogP contribution is 2.28. The number of piperazine rings is 1. The second-order valence-electron chi connectivity index (χ2n) is 7.26. The SMILES string of the molecule is O=C(c1noc2ncnc(N3CCOCC3)c12)N1CCN(c2ccc(F)cc2)CC1. The van der Waals surface area contributed by atoms with Crippen molar-refractivity contribution in [2.75, 3.05) is 62.3 Å². The number of amides is 1. The molecular weight excluding hydrogens is 391 g/mol. The second-order valence-corrected chi connectivity index (χ2v) is 7.26. The van der Waals surface area contributed by atoms with Crippen LogP contribution in [0.1, 0.15) is 10.5 Å². The Morgan fingerprint density at radius 1 is 0.933 bits per heavy atom. The molecule has 0 N–H and O–H groups in total. The normalized spacial score (nSPS) is 17.6. The number of fused-ring (bicyclic) bond motifs is 1. The number of nitrogens with zero attached hydrogens (tertiary/aromatic N) is 6. The Labute approximate surface area is 172 Å². The third-order valence-corrected chi connectivity index (χ3v) is 5.52. The molecule has 5 rings (SSSR count). The summed E-state index contributed by atoms with van der Waals surface area (Å²) < 4.78 is 23.9. The summed E-state index contributed by atoms with van der Waals surface area (Å²) in [5.74, 6) is 0.193. The Hall–Kier alpha value is -3.27. The van der Waals surface area contributed by atoms with Gasteiger partial charge in [0.25, 0.3) is 11.6 Å². The van der Waals surface area contributed by atoms with Crippen LogP contribution < -0.4 is 9.80 Å². The van der Waals surface area contributed by atoms with E-state index in [0.29, 0.717) is 69.4 Å². The molecule has 3 aromatic rings. The highest BCUT2D eigenvalue weighted by molar-refractivity contribution is 6.07. The number of anilines is 2. The van der Waals surface area contributed by atoms with E-state index in [1.54, 1.807) is 17.0 Å². The molecule has 4 heterocycles. The van der Waals surface area contributed by atoms with E-state index in [1.165, 1.54) is 18.5 Å². The highest BCUT2D eigenvalue weighted by atomic mass is 19.1. The minimum atomic E-state index is -0.260. The molecule has 2 aromatic heterocycles. The summed E-state index contributed by atoms with van der Waals surface area (Å²) in [5.41, 5.74) is 1.49. The van der Waals surface area contributed by atoms with Crippen molar-refractivity contribution in [2.45, 2.75) is 0 Å². The van der Waals surface area contributed by atoms with Gasteiger partial charge in [0.05, 0.1) is 13.2 Å². The lowest BCUT2D eigenvalue weighted by Crippen LogP contribution is -2.49. The number of hydrogen-bond donors (Lipinski definition) is 0. The van der Waals surface area contributed by atoms with Gasteiger partial charge >= 0.3 is 0 Å². The summed E-state index contributed by atoms with van der Waals surface area (Å²) in [7, 11) is 0. The molecule has 1 amide bonds. The van der Waals surface area contributed by atoms with Gasteiger partial charge in [-0.2, -0.15) is 4.98 Å². The summed E-state index contributed by atoms with van der Waals surface area (Å²) in [5, 5.41) is 4.58. The van der Waals surface area contributed by atoms with Gasteiger partial charge in [0.1, 0.15) is 23.3 Å². The lowest BCUT2D eigenvalue weighted by atomic mass is 10.2. The van der Waals surface area contributed by atoms with Crippen LogP contribution in [0, 0.1) is 5.82 Å². The van der Waals surface area contributed by atoms with Gasteiger partial charge in [0.2, 0.25) is 0 Å². The van der Waals surface area contributed by atoms with Crippen molar-refractivity contribution in [1.82, 2.24) is 20.0 Å². The van der Waals surface area contributed by atoms with Crippen LogP contribution in [0.15, 0.2) is 35.1 Å². The molecule has 2 saturated heterocycles. The Balaban J connectivity index is 1.36. The maximum absolute atomic E-state index is 13.2. The van der Waals surface area contributed by atoms with Crippen molar-refractivity contribution in [2.24, 2.45) is 0 Å². The predicted molar refractivity (Wildman–Crippen MR) is 107 cm³/mol. The van der Waals surface area contributed by atoms with Crippen LogP contribution in [0.2, 0.25) is 0 Å². The number of carbonyl (C=O) groups excluding carboxylic acids is 1. The van der Waals surface area contributed by atoms with Crippen LogP contribution in [-0.2, 0) is 4.74 Å². The number of ether oxygens (including phenoxy) is 1. The monoisotopic (exact) mass is 412 g/mol. The lowest BCUT2D eigenvalue weighted by Gasteiger charge is -2.35. The smallest absolute Gasteiger partial charge is 0.277 e. The number of aromatic nitrogens is 3. The summed E-state index contributed by atoms with van der Waals surface area (Å²) >= 11 is 0. The molecule has 0 bridgehead atoms. The molecule has 0 aliphatic carbocycles. The fraction of sp³-hybridized carbons (Fsp3) is 0.400. The molecule has 2 aliphatic rings. The molecule has 1 aromatic carbocycles. The quantitative estimate of drug-likeness (QED) is 0.641.